The number of hydrogen-bond acceptors (Lipinski definition) is 6. The maximum atomic E-state index is 12.7. The molecule has 2 aliphatic heterocycles. The molecule has 0 bridgehead atoms. The van der Waals surface area contributed by atoms with E-state index in [4.69, 9.17) is 4.52 Å². The highest BCUT2D eigenvalue weighted by atomic mass is 16.5. The van der Waals surface area contributed by atoms with E-state index in [0.717, 1.165) is 39.1 Å². The Morgan fingerprint density at radius 1 is 1.03 bits per heavy atom. The van der Waals surface area contributed by atoms with Gasteiger partial charge in [0.2, 0.25) is 11.8 Å². The van der Waals surface area contributed by atoms with Gasteiger partial charge in [0.25, 0.3) is 0 Å². The number of anilines is 1. The number of piperazine rings is 1. The summed E-state index contributed by atoms with van der Waals surface area (Å²) in [4.78, 5) is 31.1. The van der Waals surface area contributed by atoms with Gasteiger partial charge >= 0.3 is 0 Å². The molecular weight excluding hydrogens is 394 g/mol. The molecular formula is C23H29N5O3. The fourth-order valence-corrected chi connectivity index (χ4v) is 4.02. The van der Waals surface area contributed by atoms with Crippen LogP contribution in [0.5, 0.6) is 0 Å². The number of benzene rings is 1. The number of hydrogen-bond donors (Lipinski definition) is 1. The molecule has 0 spiro atoms. The molecule has 0 radical (unpaired) electrons. The molecule has 0 atom stereocenters. The third-order valence-corrected chi connectivity index (χ3v) is 5.79. The number of aryl methyl sites for hydroxylation is 1. The van der Waals surface area contributed by atoms with Crippen LogP contribution in [0.2, 0.25) is 0 Å². The summed E-state index contributed by atoms with van der Waals surface area (Å²) in [6, 6.07) is 12.1. The molecule has 1 N–H and O–H groups in total. The highest BCUT2D eigenvalue weighted by Crippen LogP contribution is 2.22. The van der Waals surface area contributed by atoms with Crippen molar-refractivity contribution in [2.24, 2.45) is 0 Å². The molecule has 3 heterocycles. The molecule has 0 saturated carbocycles. The Balaban J connectivity index is 1.18. The Labute approximate surface area is 182 Å². The van der Waals surface area contributed by atoms with E-state index in [1.54, 1.807) is 13.0 Å². The van der Waals surface area contributed by atoms with Crippen molar-refractivity contribution in [3.63, 3.8) is 0 Å². The second-order valence-electron chi connectivity index (χ2n) is 8.11. The van der Waals surface area contributed by atoms with Crippen LogP contribution < -0.4 is 5.32 Å². The minimum atomic E-state index is -0.104. The van der Waals surface area contributed by atoms with Crippen LogP contribution in [0.4, 0.5) is 5.82 Å². The van der Waals surface area contributed by atoms with Crippen LogP contribution in [0.3, 0.4) is 0 Å². The normalized spacial score (nSPS) is 18.0. The summed E-state index contributed by atoms with van der Waals surface area (Å²) in [6.45, 7) is 7.05. The first kappa shape index (κ1) is 21.3. The molecule has 2 aromatic rings. The van der Waals surface area contributed by atoms with Crippen molar-refractivity contribution in [1.82, 2.24) is 19.9 Å². The van der Waals surface area contributed by atoms with Gasteiger partial charge in [0.1, 0.15) is 5.76 Å². The first-order chi connectivity index (χ1) is 15.1. The number of aromatic nitrogens is 1. The lowest BCUT2D eigenvalue weighted by molar-refractivity contribution is -0.132. The lowest BCUT2D eigenvalue weighted by Gasteiger charge is -2.35. The predicted molar refractivity (Wildman–Crippen MR) is 118 cm³/mol. The van der Waals surface area contributed by atoms with Gasteiger partial charge in [0.05, 0.1) is 13.1 Å². The Kier molecular flexibility index (Phi) is 6.79. The first-order valence-corrected chi connectivity index (χ1v) is 10.8. The topological polar surface area (TPSA) is 81.9 Å². The predicted octanol–water partition coefficient (Wildman–Crippen LogP) is 1.86. The number of rotatable bonds is 6. The average molecular weight is 424 g/mol. The molecule has 0 aliphatic carbocycles. The van der Waals surface area contributed by atoms with Crippen molar-refractivity contribution in [2.75, 3.05) is 57.7 Å². The van der Waals surface area contributed by atoms with E-state index in [-0.39, 0.29) is 11.8 Å². The van der Waals surface area contributed by atoms with Gasteiger partial charge in [0, 0.05) is 45.3 Å². The van der Waals surface area contributed by atoms with Crippen molar-refractivity contribution in [3.05, 3.63) is 53.8 Å². The standard InChI is InChI=1S/C23H29N5O3/c1-18-15-21(25-31-18)24-22(29)16-26-11-13-27(14-12-26)17-23(30)28-9-7-20(8-10-28)19-5-3-2-4-6-19/h2-7,15H,8-14,16-17H2,1H3,(H,24,25,29). The van der Waals surface area contributed by atoms with Gasteiger partial charge in [-0.3, -0.25) is 19.4 Å². The van der Waals surface area contributed by atoms with Crippen LogP contribution in [0.25, 0.3) is 5.57 Å². The van der Waals surface area contributed by atoms with E-state index < -0.39 is 0 Å². The van der Waals surface area contributed by atoms with Crippen molar-refractivity contribution >= 4 is 23.2 Å². The summed E-state index contributed by atoms with van der Waals surface area (Å²) in [5.74, 6) is 1.18. The van der Waals surface area contributed by atoms with Crippen molar-refractivity contribution < 1.29 is 14.1 Å². The molecule has 2 aliphatic rings. The monoisotopic (exact) mass is 423 g/mol. The fourth-order valence-electron chi connectivity index (χ4n) is 4.02. The maximum absolute atomic E-state index is 12.7. The summed E-state index contributed by atoms with van der Waals surface area (Å²) >= 11 is 0. The van der Waals surface area contributed by atoms with Crippen LogP contribution in [-0.4, -0.2) is 84.0 Å². The van der Waals surface area contributed by atoms with E-state index in [1.165, 1.54) is 11.1 Å². The van der Waals surface area contributed by atoms with Gasteiger partial charge < -0.3 is 14.7 Å². The molecule has 1 fully saturated rings. The summed E-state index contributed by atoms with van der Waals surface area (Å²) < 4.78 is 4.96. The Hall–Kier alpha value is -2.97. The molecule has 0 unspecified atom stereocenters. The quantitative estimate of drug-likeness (QED) is 0.764. The molecule has 2 amide bonds. The van der Waals surface area contributed by atoms with Crippen molar-refractivity contribution in [2.45, 2.75) is 13.3 Å². The molecule has 164 valence electrons. The Morgan fingerprint density at radius 2 is 1.74 bits per heavy atom. The smallest absolute Gasteiger partial charge is 0.239 e. The maximum Gasteiger partial charge on any atom is 0.239 e. The largest absolute Gasteiger partial charge is 0.360 e. The summed E-state index contributed by atoms with van der Waals surface area (Å²) in [5, 5.41) is 6.53. The van der Waals surface area contributed by atoms with Crippen LogP contribution in [0.15, 0.2) is 47.0 Å². The highest BCUT2D eigenvalue weighted by molar-refractivity contribution is 5.91. The minimum Gasteiger partial charge on any atom is -0.360 e. The third-order valence-electron chi connectivity index (χ3n) is 5.79. The molecule has 31 heavy (non-hydrogen) atoms. The SMILES string of the molecule is Cc1cc(NC(=O)CN2CCN(CC(=O)N3CC=C(c4ccccc4)CC3)CC2)no1. The second kappa shape index (κ2) is 9.89. The van der Waals surface area contributed by atoms with Crippen LogP contribution in [-0.2, 0) is 9.59 Å². The number of nitrogens with zero attached hydrogens (tertiary/aromatic N) is 4. The summed E-state index contributed by atoms with van der Waals surface area (Å²) in [6.07, 6.45) is 3.06. The van der Waals surface area contributed by atoms with Gasteiger partial charge in [0.15, 0.2) is 5.82 Å². The van der Waals surface area contributed by atoms with E-state index >= 15 is 0 Å². The first-order valence-electron chi connectivity index (χ1n) is 10.8. The molecule has 1 aromatic carbocycles. The summed E-state index contributed by atoms with van der Waals surface area (Å²) in [7, 11) is 0. The van der Waals surface area contributed by atoms with Gasteiger partial charge in [-0.25, -0.2) is 0 Å². The molecule has 1 saturated heterocycles. The fraction of sp³-hybridized carbons (Fsp3) is 0.435. The zero-order valence-corrected chi connectivity index (χ0v) is 17.9. The highest BCUT2D eigenvalue weighted by Gasteiger charge is 2.24. The lowest BCUT2D eigenvalue weighted by atomic mass is 9.99. The minimum absolute atomic E-state index is 0.104. The number of amides is 2. The van der Waals surface area contributed by atoms with E-state index in [0.29, 0.717) is 31.2 Å². The third kappa shape index (κ3) is 5.80. The zero-order chi connectivity index (χ0) is 21.6. The molecule has 1 aromatic heterocycles. The lowest BCUT2D eigenvalue weighted by Crippen LogP contribution is -2.51. The van der Waals surface area contributed by atoms with Crippen LogP contribution in [0, 0.1) is 6.92 Å². The molecule has 8 heteroatoms. The number of carbonyl (C=O) groups is 2. The van der Waals surface area contributed by atoms with Crippen LogP contribution >= 0.6 is 0 Å². The van der Waals surface area contributed by atoms with E-state index in [2.05, 4.69) is 38.5 Å². The second-order valence-corrected chi connectivity index (χ2v) is 8.11. The van der Waals surface area contributed by atoms with Crippen molar-refractivity contribution in [1.29, 1.82) is 0 Å². The van der Waals surface area contributed by atoms with Gasteiger partial charge in [-0.05, 0) is 24.5 Å². The van der Waals surface area contributed by atoms with E-state index in [9.17, 15) is 9.59 Å². The van der Waals surface area contributed by atoms with Crippen molar-refractivity contribution in [3.8, 4) is 0 Å². The molecule has 8 nitrogen and oxygen atoms in total. The number of carbonyl (C=O) groups excluding carboxylic acids is 2. The van der Waals surface area contributed by atoms with Gasteiger partial charge in [-0.1, -0.05) is 41.6 Å². The molecule has 4 rings (SSSR count). The number of nitrogens with one attached hydrogen (secondary N) is 1. The van der Waals surface area contributed by atoms with E-state index in [1.807, 2.05) is 23.1 Å². The van der Waals surface area contributed by atoms with Crippen LogP contribution in [0.1, 0.15) is 17.7 Å². The summed E-state index contributed by atoms with van der Waals surface area (Å²) in [5.41, 5.74) is 2.56. The Bertz CT molecular complexity index is 932. The van der Waals surface area contributed by atoms with Gasteiger partial charge in [-0.2, -0.15) is 0 Å². The Morgan fingerprint density at radius 3 is 2.35 bits per heavy atom. The van der Waals surface area contributed by atoms with Gasteiger partial charge in [-0.15, -0.1) is 0 Å². The zero-order valence-electron chi connectivity index (χ0n) is 17.9. The average Bonchev–Trinajstić information content (AvgIpc) is 3.20.